The highest BCUT2D eigenvalue weighted by Gasteiger charge is 2.17. The van der Waals surface area contributed by atoms with Crippen LogP contribution in [-0.2, 0) is 0 Å². The van der Waals surface area contributed by atoms with Gasteiger partial charge in [-0.1, -0.05) is 6.07 Å². The molecule has 0 aromatic heterocycles. The van der Waals surface area contributed by atoms with Crippen LogP contribution in [0.25, 0.3) is 0 Å². The van der Waals surface area contributed by atoms with Crippen LogP contribution < -0.4 is 5.32 Å². The first-order chi connectivity index (χ1) is 9.22. The Balaban J connectivity index is 2.08. The summed E-state index contributed by atoms with van der Waals surface area (Å²) in [6.45, 7) is 0.874. The molecular weight excluding hydrogens is 278 g/mol. The molecule has 1 aliphatic rings. The van der Waals surface area contributed by atoms with Gasteiger partial charge in [0.25, 0.3) is 0 Å². The van der Waals surface area contributed by atoms with Gasteiger partial charge in [0.05, 0.1) is 5.56 Å². The van der Waals surface area contributed by atoms with E-state index in [2.05, 4.69) is 5.32 Å². The maximum Gasteiger partial charge on any atom is 0.338 e. The minimum atomic E-state index is -0.855. The van der Waals surface area contributed by atoms with Crippen LogP contribution in [0.3, 0.4) is 0 Å². The third-order valence-corrected chi connectivity index (χ3v) is 5.21. The van der Waals surface area contributed by atoms with Gasteiger partial charge in [0, 0.05) is 17.1 Å². The molecule has 5 heteroatoms. The predicted molar refractivity (Wildman–Crippen MR) is 83.7 cm³/mol. The topological polar surface area (TPSA) is 49.3 Å². The second-order valence-electron chi connectivity index (χ2n) is 4.62. The summed E-state index contributed by atoms with van der Waals surface area (Å²) < 4.78 is 0. The summed E-state index contributed by atoms with van der Waals surface area (Å²) >= 11 is 3.48. The van der Waals surface area contributed by atoms with Crippen molar-refractivity contribution in [2.45, 2.75) is 17.7 Å². The molecule has 0 bridgehead atoms. The van der Waals surface area contributed by atoms with Crippen LogP contribution in [0.5, 0.6) is 0 Å². The molecule has 1 heterocycles. The van der Waals surface area contributed by atoms with Crippen molar-refractivity contribution < 1.29 is 9.90 Å². The van der Waals surface area contributed by atoms with E-state index >= 15 is 0 Å². The van der Waals surface area contributed by atoms with Crippen LogP contribution in [0.2, 0.25) is 0 Å². The third kappa shape index (κ3) is 3.83. The highest BCUT2D eigenvalue weighted by molar-refractivity contribution is 7.99. The number of carboxylic acids is 1. The van der Waals surface area contributed by atoms with Crippen molar-refractivity contribution in [1.82, 2.24) is 0 Å². The van der Waals surface area contributed by atoms with E-state index in [1.807, 2.05) is 36.2 Å². The molecule has 0 atom stereocenters. The largest absolute Gasteiger partial charge is 0.478 e. The van der Waals surface area contributed by atoms with Crippen molar-refractivity contribution in [3.8, 4) is 0 Å². The Morgan fingerprint density at radius 2 is 2.21 bits per heavy atom. The molecule has 1 saturated heterocycles. The summed E-state index contributed by atoms with van der Waals surface area (Å²) in [5.41, 5.74) is 1.15. The van der Waals surface area contributed by atoms with E-state index in [-0.39, 0.29) is 0 Å². The van der Waals surface area contributed by atoms with Crippen LogP contribution in [0.4, 0.5) is 5.69 Å². The maximum atomic E-state index is 11.4. The average Bonchev–Trinajstić information content (AvgIpc) is 2.45. The van der Waals surface area contributed by atoms with Gasteiger partial charge in [-0.2, -0.15) is 11.8 Å². The Kier molecular flexibility index (Phi) is 5.45. The van der Waals surface area contributed by atoms with Crippen LogP contribution in [0.15, 0.2) is 23.1 Å². The molecule has 0 spiro atoms. The Labute approximate surface area is 122 Å². The molecular formula is C14H19NO2S2. The number of carboxylic acid groups (broad SMARTS) is 1. The van der Waals surface area contributed by atoms with Gasteiger partial charge in [-0.15, -0.1) is 11.8 Å². The highest BCUT2D eigenvalue weighted by Crippen LogP contribution is 2.28. The highest BCUT2D eigenvalue weighted by atomic mass is 32.2. The first-order valence-corrected chi connectivity index (χ1v) is 8.82. The fourth-order valence-electron chi connectivity index (χ4n) is 2.27. The normalized spacial score (nSPS) is 16.3. The van der Waals surface area contributed by atoms with Crippen LogP contribution in [0, 0.1) is 5.92 Å². The standard InChI is InChI=1S/C14H19NO2S2/c1-18-12-4-2-3-11(13(12)14(16)17)15-9-10-5-7-19-8-6-10/h2-4,10,15H,5-9H2,1H3,(H,16,17). The van der Waals surface area contributed by atoms with Crippen molar-refractivity contribution in [1.29, 1.82) is 0 Å². The van der Waals surface area contributed by atoms with Crippen molar-refractivity contribution in [3.63, 3.8) is 0 Å². The summed E-state index contributed by atoms with van der Waals surface area (Å²) in [6, 6.07) is 5.63. The Hall–Kier alpha value is -0.810. The van der Waals surface area contributed by atoms with Gasteiger partial charge < -0.3 is 10.4 Å². The third-order valence-electron chi connectivity index (χ3n) is 3.38. The first-order valence-electron chi connectivity index (χ1n) is 6.44. The molecule has 1 aromatic carbocycles. The molecule has 19 heavy (non-hydrogen) atoms. The van der Waals surface area contributed by atoms with Gasteiger partial charge in [0.1, 0.15) is 0 Å². The second-order valence-corrected chi connectivity index (χ2v) is 6.70. The summed E-state index contributed by atoms with van der Waals surface area (Å²) in [4.78, 5) is 12.2. The molecule has 1 aromatic rings. The first kappa shape index (κ1) is 14.6. The van der Waals surface area contributed by atoms with Gasteiger partial charge in [-0.25, -0.2) is 4.79 Å². The zero-order valence-corrected chi connectivity index (χ0v) is 12.6. The lowest BCUT2D eigenvalue weighted by Crippen LogP contribution is -2.20. The number of carbonyl (C=O) groups is 1. The monoisotopic (exact) mass is 297 g/mol. The Morgan fingerprint density at radius 1 is 1.47 bits per heavy atom. The zero-order chi connectivity index (χ0) is 13.7. The molecule has 1 aliphatic heterocycles. The quantitative estimate of drug-likeness (QED) is 0.812. The van der Waals surface area contributed by atoms with Crippen molar-refractivity contribution in [2.24, 2.45) is 5.92 Å². The van der Waals surface area contributed by atoms with Crippen molar-refractivity contribution >= 4 is 35.2 Å². The molecule has 0 amide bonds. The molecule has 104 valence electrons. The van der Waals surface area contributed by atoms with E-state index in [0.717, 1.165) is 17.1 Å². The predicted octanol–water partition coefficient (Wildman–Crippen LogP) is 3.66. The lowest BCUT2D eigenvalue weighted by molar-refractivity contribution is 0.0694. The summed E-state index contributed by atoms with van der Waals surface area (Å²) in [6.07, 6.45) is 4.36. The summed E-state index contributed by atoms with van der Waals surface area (Å²) in [5, 5.41) is 12.7. The number of benzene rings is 1. The molecule has 1 fully saturated rings. The molecule has 2 rings (SSSR count). The van der Waals surface area contributed by atoms with Gasteiger partial charge in [0.15, 0.2) is 0 Å². The van der Waals surface area contributed by atoms with E-state index in [1.165, 1.54) is 36.1 Å². The number of nitrogens with one attached hydrogen (secondary N) is 1. The number of rotatable bonds is 5. The number of hydrogen-bond acceptors (Lipinski definition) is 4. The van der Waals surface area contributed by atoms with Gasteiger partial charge in [-0.05, 0) is 48.7 Å². The van der Waals surface area contributed by atoms with Gasteiger partial charge in [-0.3, -0.25) is 0 Å². The smallest absolute Gasteiger partial charge is 0.338 e. The molecule has 3 nitrogen and oxygen atoms in total. The number of hydrogen-bond donors (Lipinski definition) is 2. The molecule has 0 saturated carbocycles. The summed E-state index contributed by atoms with van der Waals surface area (Å²) in [5.74, 6) is 2.26. The van der Waals surface area contributed by atoms with E-state index in [4.69, 9.17) is 0 Å². The number of anilines is 1. The van der Waals surface area contributed by atoms with Gasteiger partial charge >= 0.3 is 5.97 Å². The minimum Gasteiger partial charge on any atom is -0.478 e. The average molecular weight is 297 g/mol. The lowest BCUT2D eigenvalue weighted by Gasteiger charge is -2.22. The molecule has 2 N–H and O–H groups in total. The van der Waals surface area contributed by atoms with E-state index < -0.39 is 5.97 Å². The molecule has 0 unspecified atom stereocenters. The van der Waals surface area contributed by atoms with E-state index in [1.54, 1.807) is 0 Å². The van der Waals surface area contributed by atoms with Crippen molar-refractivity contribution in [2.75, 3.05) is 29.6 Å². The van der Waals surface area contributed by atoms with Crippen LogP contribution >= 0.6 is 23.5 Å². The minimum absolute atomic E-state index is 0.403. The maximum absolute atomic E-state index is 11.4. The Bertz CT molecular complexity index is 445. The molecule has 0 aliphatic carbocycles. The number of aromatic carboxylic acids is 1. The number of thioether (sulfide) groups is 2. The SMILES string of the molecule is CSc1cccc(NCC2CCSCC2)c1C(=O)O. The lowest BCUT2D eigenvalue weighted by atomic mass is 10.0. The zero-order valence-electron chi connectivity index (χ0n) is 11.0. The van der Waals surface area contributed by atoms with Gasteiger partial charge in [0.2, 0.25) is 0 Å². The van der Waals surface area contributed by atoms with E-state index in [0.29, 0.717) is 11.5 Å². The summed E-state index contributed by atoms with van der Waals surface area (Å²) in [7, 11) is 0. The second kappa shape index (κ2) is 7.10. The fraction of sp³-hybridized carbons (Fsp3) is 0.500. The molecule has 0 radical (unpaired) electrons. The van der Waals surface area contributed by atoms with Crippen LogP contribution in [0.1, 0.15) is 23.2 Å². The van der Waals surface area contributed by atoms with E-state index in [9.17, 15) is 9.90 Å². The fourth-order valence-corrected chi connectivity index (χ4v) is 4.09. The Morgan fingerprint density at radius 3 is 2.84 bits per heavy atom. The van der Waals surface area contributed by atoms with Crippen LogP contribution in [-0.4, -0.2) is 35.4 Å². The van der Waals surface area contributed by atoms with Crippen molar-refractivity contribution in [3.05, 3.63) is 23.8 Å².